The standard InChI is InChI=1S/C35H35ClN4O3/c1-23-27(8-4-9-29(23)30-10-5-11-33-31(30)12-13-40-33)22-43-35-18-34(42-21-26-7-3-6-25(16-26)19-37)28(17-32(35)36)20-38-14-15-39-24(2)41/h3-11,16-18,38,40H,12-15,20-22H2,1-2H3,(H,39,41). The number of halogens is 1. The Bertz CT molecular complexity index is 1660. The van der Waals surface area contributed by atoms with E-state index in [0.29, 0.717) is 48.3 Å². The highest BCUT2D eigenvalue weighted by molar-refractivity contribution is 6.32. The van der Waals surface area contributed by atoms with Crippen LogP contribution >= 0.6 is 11.6 Å². The van der Waals surface area contributed by atoms with E-state index < -0.39 is 0 Å². The molecule has 0 unspecified atom stereocenters. The van der Waals surface area contributed by atoms with Gasteiger partial charge in [-0.25, -0.2) is 0 Å². The van der Waals surface area contributed by atoms with Crippen molar-refractivity contribution in [3.05, 3.63) is 111 Å². The van der Waals surface area contributed by atoms with Gasteiger partial charge in [0.15, 0.2) is 0 Å². The first-order valence-electron chi connectivity index (χ1n) is 14.4. The van der Waals surface area contributed by atoms with E-state index in [1.165, 1.54) is 34.9 Å². The third kappa shape index (κ3) is 7.47. The number of hydrogen-bond acceptors (Lipinski definition) is 6. The second-order valence-corrected chi connectivity index (χ2v) is 10.9. The summed E-state index contributed by atoms with van der Waals surface area (Å²) < 4.78 is 12.6. The number of nitrogens with one attached hydrogen (secondary N) is 3. The summed E-state index contributed by atoms with van der Waals surface area (Å²) in [6.45, 7) is 6.83. The molecule has 0 saturated carbocycles. The Kier molecular flexibility index (Phi) is 9.83. The number of rotatable bonds is 12. The third-order valence-corrected chi connectivity index (χ3v) is 7.84. The molecule has 0 spiro atoms. The van der Waals surface area contributed by atoms with E-state index in [4.69, 9.17) is 21.1 Å². The van der Waals surface area contributed by atoms with Crippen LogP contribution in [0.4, 0.5) is 5.69 Å². The number of amides is 1. The number of ether oxygens (including phenoxy) is 2. The third-order valence-electron chi connectivity index (χ3n) is 7.54. The second-order valence-electron chi connectivity index (χ2n) is 10.5. The Labute approximate surface area is 257 Å². The number of carbonyl (C=O) groups excluding carboxylic acids is 1. The van der Waals surface area contributed by atoms with Crippen molar-refractivity contribution in [2.24, 2.45) is 0 Å². The van der Waals surface area contributed by atoms with Gasteiger partial charge in [0.1, 0.15) is 24.7 Å². The lowest BCUT2D eigenvalue weighted by atomic mass is 9.92. The Morgan fingerprint density at radius 3 is 2.58 bits per heavy atom. The van der Waals surface area contributed by atoms with Gasteiger partial charge in [-0.15, -0.1) is 0 Å². The fourth-order valence-corrected chi connectivity index (χ4v) is 5.53. The van der Waals surface area contributed by atoms with Crippen LogP contribution in [0, 0.1) is 18.3 Å². The topological polar surface area (TPSA) is 95.4 Å². The lowest BCUT2D eigenvalue weighted by Gasteiger charge is -2.18. The van der Waals surface area contributed by atoms with Gasteiger partial charge >= 0.3 is 0 Å². The second kappa shape index (κ2) is 14.1. The maximum atomic E-state index is 11.2. The molecule has 1 heterocycles. The Morgan fingerprint density at radius 2 is 1.74 bits per heavy atom. The molecule has 43 heavy (non-hydrogen) atoms. The largest absolute Gasteiger partial charge is 0.488 e. The summed E-state index contributed by atoms with van der Waals surface area (Å²) in [7, 11) is 0. The Balaban J connectivity index is 1.35. The molecule has 0 saturated heterocycles. The van der Waals surface area contributed by atoms with Gasteiger partial charge in [0.2, 0.25) is 5.91 Å². The van der Waals surface area contributed by atoms with Gasteiger partial charge in [-0.1, -0.05) is 54.1 Å². The summed E-state index contributed by atoms with van der Waals surface area (Å²) in [6, 6.07) is 25.9. The average molecular weight is 595 g/mol. The summed E-state index contributed by atoms with van der Waals surface area (Å²) >= 11 is 6.73. The number of carbonyl (C=O) groups is 1. The smallest absolute Gasteiger partial charge is 0.216 e. The zero-order valence-corrected chi connectivity index (χ0v) is 25.2. The zero-order chi connectivity index (χ0) is 30.2. The minimum Gasteiger partial charge on any atom is -0.488 e. The molecular formula is C35H35ClN4O3. The summed E-state index contributed by atoms with van der Waals surface area (Å²) in [5.41, 5.74) is 9.61. The maximum absolute atomic E-state index is 11.2. The first kappa shape index (κ1) is 30.0. The van der Waals surface area contributed by atoms with Gasteiger partial charge in [-0.3, -0.25) is 4.79 Å². The van der Waals surface area contributed by atoms with E-state index in [1.807, 2.05) is 30.3 Å². The Morgan fingerprint density at radius 1 is 0.953 bits per heavy atom. The van der Waals surface area contributed by atoms with Crippen LogP contribution in [0.15, 0.2) is 72.8 Å². The highest BCUT2D eigenvalue weighted by Gasteiger charge is 2.18. The van der Waals surface area contributed by atoms with Crippen LogP contribution in [-0.4, -0.2) is 25.5 Å². The predicted octanol–water partition coefficient (Wildman–Crippen LogP) is 6.54. The van der Waals surface area contributed by atoms with Gasteiger partial charge in [0.05, 0.1) is 16.7 Å². The quantitative estimate of drug-likeness (QED) is 0.161. The SMILES string of the molecule is CC(=O)NCCNCc1cc(Cl)c(OCc2cccc(-c3cccc4c3CCN4)c2C)cc1OCc1cccc(C#N)c1. The Hall–Kier alpha value is -4.51. The molecule has 0 aliphatic carbocycles. The molecule has 8 heteroatoms. The molecule has 0 aromatic heterocycles. The number of hydrogen-bond donors (Lipinski definition) is 3. The minimum atomic E-state index is -0.0690. The van der Waals surface area contributed by atoms with E-state index in [9.17, 15) is 10.1 Å². The maximum Gasteiger partial charge on any atom is 0.216 e. The van der Waals surface area contributed by atoms with Gasteiger partial charge < -0.3 is 25.4 Å². The molecule has 0 atom stereocenters. The van der Waals surface area contributed by atoms with Crippen LogP contribution < -0.4 is 25.4 Å². The van der Waals surface area contributed by atoms with E-state index >= 15 is 0 Å². The number of nitriles is 1. The number of fused-ring (bicyclic) bond motifs is 1. The van der Waals surface area contributed by atoms with E-state index in [2.05, 4.69) is 65.3 Å². The van der Waals surface area contributed by atoms with Gasteiger partial charge in [-0.05, 0) is 71.0 Å². The lowest BCUT2D eigenvalue weighted by molar-refractivity contribution is -0.118. The molecule has 5 rings (SSSR count). The molecule has 0 radical (unpaired) electrons. The van der Waals surface area contributed by atoms with Gasteiger partial charge in [0, 0.05) is 50.4 Å². The monoisotopic (exact) mass is 594 g/mol. The van der Waals surface area contributed by atoms with Crippen LogP contribution in [0.3, 0.4) is 0 Å². The average Bonchev–Trinajstić information content (AvgIpc) is 3.50. The van der Waals surface area contributed by atoms with E-state index in [1.54, 1.807) is 6.07 Å². The van der Waals surface area contributed by atoms with Crippen LogP contribution in [0.5, 0.6) is 11.5 Å². The summed E-state index contributed by atoms with van der Waals surface area (Å²) in [6.07, 6.45) is 1.01. The minimum absolute atomic E-state index is 0.0690. The molecule has 0 fully saturated rings. The molecular weight excluding hydrogens is 560 g/mol. The number of nitrogens with zero attached hydrogens (tertiary/aromatic N) is 1. The summed E-state index contributed by atoms with van der Waals surface area (Å²) in [5.74, 6) is 1.09. The van der Waals surface area contributed by atoms with Crippen molar-refractivity contribution >= 4 is 23.2 Å². The van der Waals surface area contributed by atoms with Crippen molar-refractivity contribution in [1.29, 1.82) is 5.26 Å². The van der Waals surface area contributed by atoms with E-state index in [-0.39, 0.29) is 12.5 Å². The first-order valence-corrected chi connectivity index (χ1v) is 14.8. The molecule has 3 N–H and O–H groups in total. The normalized spacial score (nSPS) is 11.8. The van der Waals surface area contributed by atoms with Crippen molar-refractivity contribution in [3.63, 3.8) is 0 Å². The molecule has 1 aliphatic rings. The predicted molar refractivity (Wildman–Crippen MR) is 170 cm³/mol. The lowest BCUT2D eigenvalue weighted by Crippen LogP contribution is -2.30. The van der Waals surface area contributed by atoms with Crippen LogP contribution in [0.1, 0.15) is 40.3 Å². The van der Waals surface area contributed by atoms with Gasteiger partial charge in [-0.2, -0.15) is 5.26 Å². The highest BCUT2D eigenvalue weighted by Crippen LogP contribution is 2.37. The first-order chi connectivity index (χ1) is 20.9. The molecule has 7 nitrogen and oxygen atoms in total. The number of benzene rings is 4. The van der Waals surface area contributed by atoms with Crippen LogP contribution in [-0.2, 0) is 31.0 Å². The highest BCUT2D eigenvalue weighted by atomic mass is 35.5. The van der Waals surface area contributed by atoms with Crippen molar-refractivity contribution in [3.8, 4) is 28.7 Å². The summed E-state index contributed by atoms with van der Waals surface area (Å²) in [5, 5.41) is 19.3. The molecule has 1 amide bonds. The molecule has 1 aliphatic heterocycles. The number of anilines is 1. The van der Waals surface area contributed by atoms with Gasteiger partial charge in [0.25, 0.3) is 0 Å². The van der Waals surface area contributed by atoms with Crippen LogP contribution in [0.2, 0.25) is 5.02 Å². The van der Waals surface area contributed by atoms with Crippen molar-refractivity contribution in [2.75, 3.05) is 25.0 Å². The molecule has 220 valence electrons. The van der Waals surface area contributed by atoms with Crippen LogP contribution in [0.25, 0.3) is 11.1 Å². The zero-order valence-electron chi connectivity index (χ0n) is 24.4. The molecule has 4 aromatic rings. The molecule has 0 bridgehead atoms. The van der Waals surface area contributed by atoms with Crippen molar-refractivity contribution < 1.29 is 14.3 Å². The van der Waals surface area contributed by atoms with E-state index in [0.717, 1.165) is 29.7 Å². The van der Waals surface area contributed by atoms with Crippen molar-refractivity contribution in [1.82, 2.24) is 10.6 Å². The fraction of sp³-hybridized carbons (Fsp3) is 0.257. The fourth-order valence-electron chi connectivity index (χ4n) is 5.28. The van der Waals surface area contributed by atoms with Crippen molar-refractivity contribution in [2.45, 2.75) is 40.0 Å². The summed E-state index contributed by atoms with van der Waals surface area (Å²) in [4.78, 5) is 11.2. The molecule has 4 aromatic carbocycles.